The zero-order chi connectivity index (χ0) is 15.1. The van der Waals surface area contributed by atoms with Gasteiger partial charge in [0.25, 0.3) is 0 Å². The topological polar surface area (TPSA) is 52.3 Å². The maximum atomic E-state index is 8.58. The molecule has 3 nitrogen and oxygen atoms in total. The third-order valence-electron chi connectivity index (χ3n) is 3.71. The lowest BCUT2D eigenvalue weighted by molar-refractivity contribution is -0.106. The molecule has 21 heavy (non-hydrogen) atoms. The molecule has 1 amide bonds. The smallest absolute Gasteiger partial charge is 0.204 e. The molecule has 2 aromatic rings. The summed E-state index contributed by atoms with van der Waals surface area (Å²) in [6, 6.07) is 16.7. The quantitative estimate of drug-likeness (QED) is 0.860. The van der Waals surface area contributed by atoms with Crippen molar-refractivity contribution in [2.24, 2.45) is 5.73 Å². The number of carbonyl (C=O) groups is 1. The number of primary amides is 1. The molecule has 0 radical (unpaired) electrons. The van der Waals surface area contributed by atoms with Crippen molar-refractivity contribution in [3.8, 4) is 11.5 Å². The fourth-order valence-corrected chi connectivity index (χ4v) is 2.29. The van der Waals surface area contributed by atoms with Crippen molar-refractivity contribution in [3.05, 3.63) is 59.7 Å². The molecule has 1 fully saturated rings. The maximum absolute atomic E-state index is 8.58. The van der Waals surface area contributed by atoms with E-state index in [-0.39, 0.29) is 6.41 Å². The van der Waals surface area contributed by atoms with Crippen LogP contribution in [-0.2, 0) is 4.79 Å². The lowest BCUT2D eigenvalue weighted by atomic mass is 9.80. The van der Waals surface area contributed by atoms with Gasteiger partial charge in [-0.15, -0.1) is 0 Å². The summed E-state index contributed by atoms with van der Waals surface area (Å²) in [5.41, 5.74) is 6.88. The highest BCUT2D eigenvalue weighted by atomic mass is 16.5. The lowest BCUT2D eigenvalue weighted by Crippen LogP contribution is -2.08. The number of rotatable bonds is 3. The average molecular weight is 283 g/mol. The molecule has 0 saturated heterocycles. The van der Waals surface area contributed by atoms with Gasteiger partial charge >= 0.3 is 0 Å². The molecule has 1 aliphatic carbocycles. The zero-order valence-corrected chi connectivity index (χ0v) is 12.3. The number of nitrogens with two attached hydrogens (primary N) is 1. The number of carbonyl (C=O) groups excluding carboxylic acids is 1. The number of hydrogen-bond donors (Lipinski definition) is 1. The fraction of sp³-hybridized carbons (Fsp3) is 0.278. The number of ether oxygens (including phenoxy) is 1. The molecule has 0 aliphatic heterocycles. The number of amides is 1. The summed E-state index contributed by atoms with van der Waals surface area (Å²) in [5.74, 6) is 2.61. The normalized spacial score (nSPS) is 13.6. The Kier molecular flexibility index (Phi) is 5.38. The first-order valence-corrected chi connectivity index (χ1v) is 7.23. The molecule has 0 unspecified atom stereocenters. The van der Waals surface area contributed by atoms with Crippen LogP contribution in [0.4, 0.5) is 0 Å². The van der Waals surface area contributed by atoms with Gasteiger partial charge in [-0.2, -0.15) is 0 Å². The molecular weight excluding hydrogens is 262 g/mol. The van der Waals surface area contributed by atoms with Crippen LogP contribution >= 0.6 is 0 Å². The molecule has 110 valence electrons. The molecule has 3 rings (SSSR count). The third-order valence-corrected chi connectivity index (χ3v) is 3.71. The van der Waals surface area contributed by atoms with Gasteiger partial charge in [-0.1, -0.05) is 36.2 Å². The van der Waals surface area contributed by atoms with Gasteiger partial charge in [-0.3, -0.25) is 4.79 Å². The second-order valence-electron chi connectivity index (χ2n) is 5.25. The molecule has 0 spiro atoms. The highest BCUT2D eigenvalue weighted by molar-refractivity contribution is 5.42. The lowest BCUT2D eigenvalue weighted by Gasteiger charge is -2.25. The molecule has 0 aromatic heterocycles. The molecule has 2 N–H and O–H groups in total. The Hall–Kier alpha value is -2.29. The molecule has 1 saturated carbocycles. The first kappa shape index (κ1) is 15.1. The van der Waals surface area contributed by atoms with Crippen molar-refractivity contribution >= 4 is 6.41 Å². The summed E-state index contributed by atoms with van der Waals surface area (Å²) in [7, 11) is 0. The van der Waals surface area contributed by atoms with Crippen molar-refractivity contribution in [1.29, 1.82) is 0 Å². The number of benzene rings is 2. The fourth-order valence-electron chi connectivity index (χ4n) is 2.29. The minimum absolute atomic E-state index is 0.250. The van der Waals surface area contributed by atoms with Crippen LogP contribution in [0.15, 0.2) is 48.5 Å². The molecule has 0 atom stereocenters. The van der Waals surface area contributed by atoms with Crippen molar-refractivity contribution in [3.63, 3.8) is 0 Å². The molecule has 0 heterocycles. The van der Waals surface area contributed by atoms with Gasteiger partial charge in [0.15, 0.2) is 0 Å². The van der Waals surface area contributed by atoms with E-state index in [0.717, 1.165) is 17.4 Å². The van der Waals surface area contributed by atoms with E-state index < -0.39 is 0 Å². The summed E-state index contributed by atoms with van der Waals surface area (Å²) in [6.45, 7) is 2.08. The highest BCUT2D eigenvalue weighted by Gasteiger charge is 2.18. The molecule has 2 aromatic carbocycles. The summed E-state index contributed by atoms with van der Waals surface area (Å²) in [6.07, 6.45) is 4.32. The first-order valence-electron chi connectivity index (χ1n) is 7.23. The van der Waals surface area contributed by atoms with E-state index in [9.17, 15) is 0 Å². The average Bonchev–Trinajstić information content (AvgIpc) is 2.42. The van der Waals surface area contributed by atoms with E-state index >= 15 is 0 Å². The van der Waals surface area contributed by atoms with Gasteiger partial charge in [0.2, 0.25) is 6.41 Å². The summed E-state index contributed by atoms with van der Waals surface area (Å²) in [4.78, 5) is 8.58. The molecule has 3 heteroatoms. The van der Waals surface area contributed by atoms with Gasteiger partial charge in [0, 0.05) is 0 Å². The van der Waals surface area contributed by atoms with E-state index in [4.69, 9.17) is 9.53 Å². The largest absolute Gasteiger partial charge is 0.457 e. The standard InChI is InChI=1S/C17H18O.CH3NO/c1-13-5-9-16(10-6-13)18-17-11-7-15(8-12-17)14-3-2-4-14;2-1-3/h5-12,14H,2-4H2,1H3;1H,(H2,2,3). The van der Waals surface area contributed by atoms with E-state index in [0.29, 0.717) is 0 Å². The van der Waals surface area contributed by atoms with Crippen LogP contribution in [0.2, 0.25) is 0 Å². The van der Waals surface area contributed by atoms with Crippen LogP contribution in [0, 0.1) is 6.92 Å². The number of hydrogen-bond acceptors (Lipinski definition) is 2. The monoisotopic (exact) mass is 283 g/mol. The van der Waals surface area contributed by atoms with Crippen LogP contribution in [0.5, 0.6) is 11.5 Å². The van der Waals surface area contributed by atoms with Crippen LogP contribution in [0.3, 0.4) is 0 Å². The first-order chi connectivity index (χ1) is 10.2. The Balaban J connectivity index is 0.000000497. The second kappa shape index (κ2) is 7.48. The molecule has 1 aliphatic rings. The minimum Gasteiger partial charge on any atom is -0.457 e. The SMILES string of the molecule is Cc1ccc(Oc2ccc(C3CCC3)cc2)cc1.NC=O. The Morgan fingerprint density at radius 1 is 1.00 bits per heavy atom. The van der Waals surface area contributed by atoms with Crippen molar-refractivity contribution in [1.82, 2.24) is 0 Å². The van der Waals surface area contributed by atoms with Crippen molar-refractivity contribution < 1.29 is 9.53 Å². The van der Waals surface area contributed by atoms with Gasteiger partial charge in [0.1, 0.15) is 11.5 Å². The molecular formula is C18H21NO2. The van der Waals surface area contributed by atoms with Crippen LogP contribution in [0.25, 0.3) is 0 Å². The Morgan fingerprint density at radius 2 is 1.48 bits per heavy atom. The Labute approximate surface area is 125 Å². The Morgan fingerprint density at radius 3 is 1.90 bits per heavy atom. The zero-order valence-electron chi connectivity index (χ0n) is 12.3. The van der Waals surface area contributed by atoms with E-state index in [1.165, 1.54) is 30.4 Å². The predicted octanol–water partition coefficient (Wildman–Crippen LogP) is 4.16. The van der Waals surface area contributed by atoms with Crippen LogP contribution < -0.4 is 10.5 Å². The van der Waals surface area contributed by atoms with Crippen LogP contribution in [0.1, 0.15) is 36.3 Å². The van der Waals surface area contributed by atoms with Gasteiger partial charge < -0.3 is 10.5 Å². The maximum Gasteiger partial charge on any atom is 0.204 e. The van der Waals surface area contributed by atoms with Crippen LogP contribution in [-0.4, -0.2) is 6.41 Å². The predicted molar refractivity (Wildman–Crippen MR) is 84.5 cm³/mol. The third kappa shape index (κ3) is 4.35. The van der Waals surface area contributed by atoms with Gasteiger partial charge in [0.05, 0.1) is 0 Å². The van der Waals surface area contributed by atoms with Crippen molar-refractivity contribution in [2.45, 2.75) is 32.1 Å². The highest BCUT2D eigenvalue weighted by Crippen LogP contribution is 2.37. The number of aryl methyl sites for hydroxylation is 1. The summed E-state index contributed by atoms with van der Waals surface area (Å²) in [5, 5.41) is 0. The van der Waals surface area contributed by atoms with Gasteiger partial charge in [-0.25, -0.2) is 0 Å². The second-order valence-corrected chi connectivity index (χ2v) is 5.25. The van der Waals surface area contributed by atoms with E-state index in [1.54, 1.807) is 0 Å². The van der Waals surface area contributed by atoms with Crippen molar-refractivity contribution in [2.75, 3.05) is 0 Å². The summed E-state index contributed by atoms with van der Waals surface area (Å²) >= 11 is 0. The van der Waals surface area contributed by atoms with E-state index in [1.807, 2.05) is 12.1 Å². The van der Waals surface area contributed by atoms with E-state index in [2.05, 4.69) is 49.1 Å². The summed E-state index contributed by atoms with van der Waals surface area (Å²) < 4.78 is 5.82. The van der Waals surface area contributed by atoms with Gasteiger partial charge in [-0.05, 0) is 55.5 Å². The molecule has 0 bridgehead atoms. The Bertz CT molecular complexity index is 557. The minimum atomic E-state index is 0.250.